The lowest BCUT2D eigenvalue weighted by Crippen LogP contribution is -2.56. The molecular weight excluding hydrogens is 212 g/mol. The second-order valence-corrected chi connectivity index (χ2v) is 4.96. The summed E-state index contributed by atoms with van der Waals surface area (Å²) in [4.78, 5) is 12.0. The Balaban J connectivity index is 2.11. The van der Waals surface area contributed by atoms with E-state index in [0.29, 0.717) is 0 Å². The van der Waals surface area contributed by atoms with E-state index < -0.39 is 5.54 Å². The van der Waals surface area contributed by atoms with Crippen LogP contribution in [-0.4, -0.2) is 11.4 Å². The largest absolute Gasteiger partial charge is 0.324 e. The van der Waals surface area contributed by atoms with Gasteiger partial charge in [-0.3, -0.25) is 4.79 Å². The SMILES string of the molecule is CCc1cc(NC(=O)C2(N)CCC2)ccc1C. The maximum Gasteiger partial charge on any atom is 0.244 e. The lowest BCUT2D eigenvalue weighted by Gasteiger charge is -2.36. The number of rotatable bonds is 3. The number of carbonyl (C=O) groups excluding carboxylic acids is 1. The van der Waals surface area contributed by atoms with E-state index in [-0.39, 0.29) is 5.91 Å². The van der Waals surface area contributed by atoms with E-state index in [1.807, 2.05) is 18.2 Å². The first-order valence-corrected chi connectivity index (χ1v) is 6.25. The number of hydrogen-bond donors (Lipinski definition) is 2. The number of amides is 1. The average molecular weight is 232 g/mol. The van der Waals surface area contributed by atoms with Gasteiger partial charge in [-0.15, -0.1) is 0 Å². The first kappa shape index (κ1) is 12.1. The topological polar surface area (TPSA) is 55.1 Å². The zero-order valence-corrected chi connectivity index (χ0v) is 10.5. The summed E-state index contributed by atoms with van der Waals surface area (Å²) in [6.07, 6.45) is 3.62. The summed E-state index contributed by atoms with van der Waals surface area (Å²) in [5, 5.41) is 2.92. The van der Waals surface area contributed by atoms with E-state index in [0.717, 1.165) is 31.4 Å². The summed E-state index contributed by atoms with van der Waals surface area (Å²) >= 11 is 0. The highest BCUT2D eigenvalue weighted by Gasteiger charge is 2.40. The molecule has 1 aromatic rings. The van der Waals surface area contributed by atoms with Crippen LogP contribution in [0, 0.1) is 6.92 Å². The van der Waals surface area contributed by atoms with Gasteiger partial charge in [0.25, 0.3) is 0 Å². The first-order valence-electron chi connectivity index (χ1n) is 6.25. The van der Waals surface area contributed by atoms with Crippen molar-refractivity contribution in [3.05, 3.63) is 29.3 Å². The van der Waals surface area contributed by atoms with Crippen molar-refractivity contribution in [2.45, 2.75) is 45.1 Å². The van der Waals surface area contributed by atoms with Crippen molar-refractivity contribution in [3.63, 3.8) is 0 Å². The Morgan fingerprint density at radius 2 is 2.18 bits per heavy atom. The van der Waals surface area contributed by atoms with E-state index in [1.165, 1.54) is 11.1 Å². The molecule has 3 nitrogen and oxygen atoms in total. The van der Waals surface area contributed by atoms with Crippen molar-refractivity contribution in [1.29, 1.82) is 0 Å². The Morgan fingerprint density at radius 1 is 1.47 bits per heavy atom. The molecule has 92 valence electrons. The van der Waals surface area contributed by atoms with Crippen LogP contribution in [0.4, 0.5) is 5.69 Å². The van der Waals surface area contributed by atoms with Crippen LogP contribution in [0.25, 0.3) is 0 Å². The Hall–Kier alpha value is -1.35. The molecule has 1 fully saturated rings. The van der Waals surface area contributed by atoms with Gasteiger partial charge in [0.2, 0.25) is 5.91 Å². The highest BCUT2D eigenvalue weighted by atomic mass is 16.2. The standard InChI is InChI=1S/C14H20N2O/c1-3-11-9-12(6-5-10(11)2)16-13(17)14(15)7-4-8-14/h5-6,9H,3-4,7-8,15H2,1-2H3,(H,16,17). The summed E-state index contributed by atoms with van der Waals surface area (Å²) in [6, 6.07) is 6.02. The molecule has 0 saturated heterocycles. The van der Waals surface area contributed by atoms with Gasteiger partial charge in [0.15, 0.2) is 0 Å². The zero-order chi connectivity index (χ0) is 12.5. The van der Waals surface area contributed by atoms with Gasteiger partial charge >= 0.3 is 0 Å². The van der Waals surface area contributed by atoms with E-state index >= 15 is 0 Å². The van der Waals surface area contributed by atoms with Crippen LogP contribution in [0.1, 0.15) is 37.3 Å². The van der Waals surface area contributed by atoms with E-state index in [4.69, 9.17) is 5.73 Å². The molecular formula is C14H20N2O. The van der Waals surface area contributed by atoms with Gasteiger partial charge in [0.1, 0.15) is 0 Å². The Labute approximate surface area is 102 Å². The van der Waals surface area contributed by atoms with Gasteiger partial charge in [-0.05, 0) is 55.9 Å². The minimum Gasteiger partial charge on any atom is -0.324 e. The Morgan fingerprint density at radius 3 is 2.71 bits per heavy atom. The number of anilines is 1. The van der Waals surface area contributed by atoms with Gasteiger partial charge in [0.05, 0.1) is 5.54 Å². The van der Waals surface area contributed by atoms with Gasteiger partial charge in [-0.2, -0.15) is 0 Å². The number of carbonyl (C=O) groups is 1. The molecule has 1 aromatic carbocycles. The zero-order valence-electron chi connectivity index (χ0n) is 10.5. The normalized spacial score (nSPS) is 17.4. The highest BCUT2D eigenvalue weighted by Crippen LogP contribution is 2.30. The van der Waals surface area contributed by atoms with E-state index in [9.17, 15) is 4.79 Å². The molecule has 1 amide bonds. The lowest BCUT2D eigenvalue weighted by molar-refractivity contribution is -0.123. The fourth-order valence-corrected chi connectivity index (χ4v) is 2.17. The Bertz CT molecular complexity index is 436. The van der Waals surface area contributed by atoms with E-state index in [1.54, 1.807) is 0 Å². The number of hydrogen-bond acceptors (Lipinski definition) is 2. The lowest BCUT2D eigenvalue weighted by atomic mass is 9.77. The van der Waals surface area contributed by atoms with Crippen molar-refractivity contribution >= 4 is 11.6 Å². The van der Waals surface area contributed by atoms with E-state index in [2.05, 4.69) is 19.2 Å². The molecule has 1 saturated carbocycles. The molecule has 17 heavy (non-hydrogen) atoms. The summed E-state index contributed by atoms with van der Waals surface area (Å²) in [7, 11) is 0. The molecule has 0 radical (unpaired) electrons. The van der Waals surface area contributed by atoms with Gasteiger partial charge in [-0.25, -0.2) is 0 Å². The summed E-state index contributed by atoms with van der Waals surface area (Å²) in [5.41, 5.74) is 8.74. The van der Waals surface area contributed by atoms with Crippen molar-refractivity contribution < 1.29 is 4.79 Å². The third-order valence-electron chi connectivity index (χ3n) is 3.69. The average Bonchev–Trinajstić information content (AvgIpc) is 2.28. The summed E-state index contributed by atoms with van der Waals surface area (Å²) in [5.74, 6) is -0.0466. The summed E-state index contributed by atoms with van der Waals surface area (Å²) in [6.45, 7) is 4.20. The predicted octanol–water partition coefficient (Wildman–Crippen LogP) is 2.38. The second kappa shape index (κ2) is 4.49. The number of nitrogens with two attached hydrogens (primary N) is 1. The number of aryl methyl sites for hydroxylation is 2. The molecule has 0 atom stereocenters. The molecule has 1 aliphatic rings. The monoisotopic (exact) mass is 232 g/mol. The number of nitrogens with one attached hydrogen (secondary N) is 1. The van der Waals surface area contributed by atoms with Crippen molar-refractivity contribution in [1.82, 2.24) is 0 Å². The molecule has 0 aliphatic heterocycles. The molecule has 0 unspecified atom stereocenters. The molecule has 2 rings (SSSR count). The molecule has 0 spiro atoms. The first-order chi connectivity index (χ1) is 8.05. The molecule has 1 aliphatic carbocycles. The number of benzene rings is 1. The van der Waals surface area contributed by atoms with Crippen molar-refractivity contribution in [2.24, 2.45) is 5.73 Å². The minimum atomic E-state index is -0.628. The fraction of sp³-hybridized carbons (Fsp3) is 0.500. The minimum absolute atomic E-state index is 0.0466. The molecule has 0 aromatic heterocycles. The highest BCUT2D eigenvalue weighted by molar-refractivity contribution is 5.98. The second-order valence-electron chi connectivity index (χ2n) is 4.96. The van der Waals surface area contributed by atoms with Gasteiger partial charge in [-0.1, -0.05) is 13.0 Å². The van der Waals surface area contributed by atoms with Crippen molar-refractivity contribution in [3.8, 4) is 0 Å². The Kier molecular flexibility index (Phi) is 3.20. The molecule has 0 bridgehead atoms. The van der Waals surface area contributed by atoms with Crippen LogP contribution in [0.5, 0.6) is 0 Å². The third kappa shape index (κ3) is 2.34. The van der Waals surface area contributed by atoms with Crippen LogP contribution < -0.4 is 11.1 Å². The van der Waals surface area contributed by atoms with Gasteiger partial charge in [0, 0.05) is 5.69 Å². The maximum absolute atomic E-state index is 12.0. The van der Waals surface area contributed by atoms with Crippen LogP contribution in [0.2, 0.25) is 0 Å². The maximum atomic E-state index is 12.0. The fourth-order valence-electron chi connectivity index (χ4n) is 2.17. The predicted molar refractivity (Wildman–Crippen MR) is 70.0 cm³/mol. The molecule has 3 N–H and O–H groups in total. The molecule has 3 heteroatoms. The van der Waals surface area contributed by atoms with Crippen LogP contribution >= 0.6 is 0 Å². The molecule has 0 heterocycles. The third-order valence-corrected chi connectivity index (χ3v) is 3.69. The van der Waals surface area contributed by atoms with Crippen LogP contribution in [-0.2, 0) is 11.2 Å². The summed E-state index contributed by atoms with van der Waals surface area (Å²) < 4.78 is 0. The van der Waals surface area contributed by atoms with Crippen molar-refractivity contribution in [2.75, 3.05) is 5.32 Å². The van der Waals surface area contributed by atoms with Crippen LogP contribution in [0.3, 0.4) is 0 Å². The smallest absolute Gasteiger partial charge is 0.244 e. The van der Waals surface area contributed by atoms with Crippen LogP contribution in [0.15, 0.2) is 18.2 Å². The quantitative estimate of drug-likeness (QED) is 0.840. The van der Waals surface area contributed by atoms with Gasteiger partial charge < -0.3 is 11.1 Å².